The lowest BCUT2D eigenvalue weighted by molar-refractivity contribution is -0.116. The van der Waals surface area contributed by atoms with Crippen molar-refractivity contribution in [2.45, 2.75) is 31.7 Å². The Morgan fingerprint density at radius 2 is 1.68 bits per heavy atom. The predicted molar refractivity (Wildman–Crippen MR) is 152 cm³/mol. The molecule has 5 rings (SSSR count). The minimum atomic E-state index is -0.386. The number of ether oxygens (including phenoxy) is 4. The van der Waals surface area contributed by atoms with Crippen molar-refractivity contribution in [1.82, 2.24) is 0 Å². The van der Waals surface area contributed by atoms with E-state index >= 15 is 0 Å². The Labute approximate surface area is 231 Å². The van der Waals surface area contributed by atoms with Crippen LogP contribution >= 0.6 is 15.9 Å². The highest BCUT2D eigenvalue weighted by Crippen LogP contribution is 2.48. The third-order valence-electron chi connectivity index (χ3n) is 7.06. The molecular weight excluding hydrogens is 548 g/mol. The van der Waals surface area contributed by atoms with Crippen LogP contribution in [-0.2, 0) is 4.79 Å². The molecule has 2 unspecified atom stereocenters. The second-order valence-electron chi connectivity index (χ2n) is 9.24. The van der Waals surface area contributed by atoms with Gasteiger partial charge in [0.2, 0.25) is 0 Å². The second kappa shape index (κ2) is 11.0. The zero-order chi connectivity index (χ0) is 26.8. The fourth-order valence-corrected chi connectivity index (χ4v) is 5.89. The number of halogens is 1. The third kappa shape index (κ3) is 4.80. The Morgan fingerprint density at radius 3 is 2.39 bits per heavy atom. The van der Waals surface area contributed by atoms with E-state index in [1.807, 2.05) is 61.5 Å². The van der Waals surface area contributed by atoms with E-state index in [2.05, 4.69) is 26.6 Å². The smallest absolute Gasteiger partial charge is 0.175 e. The zero-order valence-electron chi connectivity index (χ0n) is 21.9. The number of hydrogen-bond donors (Lipinski definition) is 2. The number of hydrogen-bond acceptors (Lipinski definition) is 7. The van der Waals surface area contributed by atoms with Crippen molar-refractivity contribution in [3.8, 4) is 23.0 Å². The minimum absolute atomic E-state index is 0.0636. The van der Waals surface area contributed by atoms with Crippen LogP contribution in [0.5, 0.6) is 23.0 Å². The summed E-state index contributed by atoms with van der Waals surface area (Å²) < 4.78 is 23.4. The molecule has 1 heterocycles. The molecule has 2 atom stereocenters. The Balaban J connectivity index is 1.63. The van der Waals surface area contributed by atoms with Crippen molar-refractivity contribution in [3.05, 3.63) is 81.5 Å². The SMILES string of the molecule is CCOc1c(Br)cc(C2Nc3ccccc3NC3=C2C(=O)CC(c2cc(OC)ccc2OC)C3)cc1OC. The first-order valence-electron chi connectivity index (χ1n) is 12.6. The highest BCUT2D eigenvalue weighted by atomic mass is 79.9. The van der Waals surface area contributed by atoms with Crippen LogP contribution in [0.2, 0.25) is 0 Å². The lowest BCUT2D eigenvalue weighted by atomic mass is 9.78. The molecule has 3 aromatic carbocycles. The number of para-hydroxylation sites is 2. The second-order valence-corrected chi connectivity index (χ2v) is 10.1. The highest BCUT2D eigenvalue weighted by molar-refractivity contribution is 9.10. The van der Waals surface area contributed by atoms with Gasteiger partial charge < -0.3 is 29.6 Å². The number of carbonyl (C=O) groups excluding carboxylic acids is 1. The monoisotopic (exact) mass is 578 g/mol. The summed E-state index contributed by atoms with van der Waals surface area (Å²) >= 11 is 3.66. The molecule has 0 saturated carbocycles. The maximum atomic E-state index is 14.0. The van der Waals surface area contributed by atoms with Gasteiger partial charge in [-0.15, -0.1) is 0 Å². The Morgan fingerprint density at radius 1 is 0.921 bits per heavy atom. The van der Waals surface area contributed by atoms with E-state index in [9.17, 15) is 4.79 Å². The van der Waals surface area contributed by atoms with E-state index in [1.54, 1.807) is 21.3 Å². The first-order valence-corrected chi connectivity index (χ1v) is 13.4. The van der Waals surface area contributed by atoms with Crippen LogP contribution in [0.15, 0.2) is 70.3 Å². The number of anilines is 2. The van der Waals surface area contributed by atoms with Gasteiger partial charge in [-0.3, -0.25) is 4.79 Å². The number of ketones is 1. The van der Waals surface area contributed by atoms with Crippen molar-refractivity contribution in [2.75, 3.05) is 38.6 Å². The molecule has 3 aromatic rings. The molecule has 0 radical (unpaired) electrons. The van der Waals surface area contributed by atoms with E-state index in [0.717, 1.165) is 49.7 Å². The number of Topliss-reactive ketones (excluding diaryl/α,β-unsaturated/α-hetero) is 1. The van der Waals surface area contributed by atoms with E-state index in [0.29, 0.717) is 30.9 Å². The quantitative estimate of drug-likeness (QED) is 0.317. The molecular formula is C30H31BrN2O5. The van der Waals surface area contributed by atoms with Gasteiger partial charge in [0.25, 0.3) is 0 Å². The average Bonchev–Trinajstić information content (AvgIpc) is 3.10. The average molecular weight is 579 g/mol. The molecule has 0 aromatic heterocycles. The Hall–Kier alpha value is -3.65. The largest absolute Gasteiger partial charge is 0.497 e. The fourth-order valence-electron chi connectivity index (χ4n) is 5.31. The summed E-state index contributed by atoms with van der Waals surface area (Å²) in [4.78, 5) is 14.0. The summed E-state index contributed by atoms with van der Waals surface area (Å²) in [6.07, 6.45) is 1.00. The van der Waals surface area contributed by atoms with Gasteiger partial charge in [-0.1, -0.05) is 12.1 Å². The summed E-state index contributed by atoms with van der Waals surface area (Å²) in [7, 11) is 4.91. The summed E-state index contributed by atoms with van der Waals surface area (Å²) in [5, 5.41) is 7.22. The van der Waals surface area contributed by atoms with Crippen molar-refractivity contribution in [2.24, 2.45) is 0 Å². The number of fused-ring (bicyclic) bond motifs is 1. The van der Waals surface area contributed by atoms with Gasteiger partial charge in [0, 0.05) is 29.2 Å². The lowest BCUT2D eigenvalue weighted by Crippen LogP contribution is -2.27. The number of allylic oxidation sites excluding steroid dienone is 1. The molecule has 0 bridgehead atoms. The highest BCUT2D eigenvalue weighted by Gasteiger charge is 2.37. The van der Waals surface area contributed by atoms with Crippen LogP contribution in [0.4, 0.5) is 11.4 Å². The maximum Gasteiger partial charge on any atom is 0.175 e. The summed E-state index contributed by atoms with van der Waals surface area (Å²) in [5.74, 6) is 2.73. The summed E-state index contributed by atoms with van der Waals surface area (Å²) in [6.45, 7) is 2.44. The minimum Gasteiger partial charge on any atom is -0.497 e. The van der Waals surface area contributed by atoms with Crippen LogP contribution < -0.4 is 29.6 Å². The molecule has 0 fully saturated rings. The van der Waals surface area contributed by atoms with Gasteiger partial charge in [0.05, 0.1) is 49.8 Å². The van der Waals surface area contributed by atoms with Crippen molar-refractivity contribution in [1.29, 1.82) is 0 Å². The van der Waals surface area contributed by atoms with Crippen LogP contribution in [0, 0.1) is 0 Å². The molecule has 8 heteroatoms. The normalized spacial score (nSPS) is 18.4. The number of benzene rings is 3. The molecule has 0 spiro atoms. The molecule has 2 N–H and O–H groups in total. The Bertz CT molecular complexity index is 1400. The molecule has 7 nitrogen and oxygen atoms in total. The first-order chi connectivity index (χ1) is 18.5. The van der Waals surface area contributed by atoms with Crippen LogP contribution in [-0.4, -0.2) is 33.7 Å². The lowest BCUT2D eigenvalue weighted by Gasteiger charge is -2.31. The van der Waals surface area contributed by atoms with Crippen molar-refractivity contribution in [3.63, 3.8) is 0 Å². The maximum absolute atomic E-state index is 14.0. The van der Waals surface area contributed by atoms with Gasteiger partial charge in [0.15, 0.2) is 17.3 Å². The third-order valence-corrected chi connectivity index (χ3v) is 7.65. The molecule has 1 aliphatic heterocycles. The van der Waals surface area contributed by atoms with Gasteiger partial charge in [-0.05, 0) is 77.3 Å². The van der Waals surface area contributed by atoms with Crippen LogP contribution in [0.3, 0.4) is 0 Å². The van der Waals surface area contributed by atoms with E-state index < -0.39 is 0 Å². The van der Waals surface area contributed by atoms with Crippen LogP contribution in [0.25, 0.3) is 0 Å². The number of carbonyl (C=O) groups is 1. The van der Waals surface area contributed by atoms with E-state index in [4.69, 9.17) is 18.9 Å². The standard InChI is InChI=1S/C30H31BrN2O5/c1-5-38-30-21(31)12-18(15-27(30)37-4)29-28-24(32-22-8-6-7-9-23(22)33-29)13-17(14-25(28)34)20-16-19(35-2)10-11-26(20)36-3/h6-12,15-17,29,32-33H,5,13-14H2,1-4H3. The fraction of sp³-hybridized carbons (Fsp3) is 0.300. The summed E-state index contributed by atoms with van der Waals surface area (Å²) in [5.41, 5.74) is 5.31. The Kier molecular flexibility index (Phi) is 7.51. The van der Waals surface area contributed by atoms with E-state index in [-0.39, 0.29) is 17.7 Å². The van der Waals surface area contributed by atoms with Gasteiger partial charge in [-0.25, -0.2) is 0 Å². The van der Waals surface area contributed by atoms with Crippen molar-refractivity contribution < 1.29 is 23.7 Å². The molecule has 0 amide bonds. The molecule has 1 aliphatic carbocycles. The topological polar surface area (TPSA) is 78.1 Å². The van der Waals surface area contributed by atoms with Crippen LogP contribution in [0.1, 0.15) is 42.9 Å². The zero-order valence-corrected chi connectivity index (χ0v) is 23.5. The van der Waals surface area contributed by atoms with E-state index in [1.165, 1.54) is 0 Å². The predicted octanol–water partition coefficient (Wildman–Crippen LogP) is 6.85. The van der Waals surface area contributed by atoms with Crippen molar-refractivity contribution >= 4 is 33.1 Å². The number of methoxy groups -OCH3 is 3. The molecule has 2 aliphatic rings. The van der Waals surface area contributed by atoms with Gasteiger partial charge in [0.1, 0.15) is 11.5 Å². The number of rotatable bonds is 7. The molecule has 38 heavy (non-hydrogen) atoms. The number of nitrogens with one attached hydrogen (secondary N) is 2. The van der Waals surface area contributed by atoms with Gasteiger partial charge in [-0.2, -0.15) is 0 Å². The molecule has 198 valence electrons. The van der Waals surface area contributed by atoms with Gasteiger partial charge >= 0.3 is 0 Å². The molecule has 0 saturated heterocycles. The first kappa shape index (κ1) is 26.0. The summed E-state index contributed by atoms with van der Waals surface area (Å²) in [6, 6.07) is 17.3.